The van der Waals surface area contributed by atoms with E-state index in [0.717, 1.165) is 29.7 Å². The Kier molecular flexibility index (Phi) is 5.66. The van der Waals surface area contributed by atoms with Gasteiger partial charge in [0.1, 0.15) is 0 Å². The fourth-order valence-corrected chi connectivity index (χ4v) is 2.47. The van der Waals surface area contributed by atoms with E-state index in [0.29, 0.717) is 0 Å². The number of hydrogen-bond acceptors (Lipinski definition) is 2. The summed E-state index contributed by atoms with van der Waals surface area (Å²) in [5.41, 5.74) is 2.41. The first-order chi connectivity index (χ1) is 9.83. The highest BCUT2D eigenvalue weighted by Crippen LogP contribution is 2.20. The zero-order chi connectivity index (χ0) is 14.2. The Morgan fingerprint density at radius 2 is 1.70 bits per heavy atom. The van der Waals surface area contributed by atoms with Crippen molar-refractivity contribution in [3.8, 4) is 11.3 Å². The third-order valence-electron chi connectivity index (χ3n) is 3.64. The Morgan fingerprint density at radius 3 is 2.45 bits per heavy atom. The van der Waals surface area contributed by atoms with Crippen LogP contribution in [0.25, 0.3) is 11.3 Å². The van der Waals surface area contributed by atoms with Gasteiger partial charge >= 0.3 is 5.63 Å². The Morgan fingerprint density at radius 1 is 1.00 bits per heavy atom. The highest BCUT2D eigenvalue weighted by molar-refractivity contribution is 5.61. The minimum Gasteiger partial charge on any atom is -0.338 e. The summed E-state index contributed by atoms with van der Waals surface area (Å²) in [7, 11) is 0. The summed E-state index contributed by atoms with van der Waals surface area (Å²) in [6.07, 6.45) is 8.14. The van der Waals surface area contributed by atoms with Crippen molar-refractivity contribution in [2.45, 2.75) is 51.9 Å². The van der Waals surface area contributed by atoms with Crippen LogP contribution < -0.4 is 5.63 Å². The maximum absolute atomic E-state index is 11.8. The van der Waals surface area contributed by atoms with Gasteiger partial charge in [-0.25, -0.2) is 9.95 Å². The number of nitrogens with one attached hydrogen (secondary N) is 1. The Hall–Kier alpha value is -1.77. The van der Waals surface area contributed by atoms with Gasteiger partial charge in [0.25, 0.3) is 0 Å². The largest absolute Gasteiger partial charge is 0.361 e. The smallest absolute Gasteiger partial charge is 0.338 e. The van der Waals surface area contributed by atoms with Gasteiger partial charge in [0.15, 0.2) is 0 Å². The van der Waals surface area contributed by atoms with Crippen molar-refractivity contribution in [3.63, 3.8) is 0 Å². The van der Waals surface area contributed by atoms with Crippen molar-refractivity contribution < 1.29 is 4.52 Å². The molecule has 20 heavy (non-hydrogen) atoms. The fourth-order valence-electron chi connectivity index (χ4n) is 2.47. The lowest BCUT2D eigenvalue weighted by Gasteiger charge is -2.02. The molecule has 3 heteroatoms. The van der Waals surface area contributed by atoms with E-state index in [9.17, 15) is 4.79 Å². The summed E-state index contributed by atoms with van der Waals surface area (Å²) in [5.74, 6) is 0. The van der Waals surface area contributed by atoms with E-state index in [1.165, 1.54) is 32.1 Å². The van der Waals surface area contributed by atoms with E-state index in [1.54, 1.807) is 0 Å². The van der Waals surface area contributed by atoms with E-state index in [-0.39, 0.29) is 5.63 Å². The van der Waals surface area contributed by atoms with Crippen molar-refractivity contribution in [2.75, 3.05) is 0 Å². The molecular weight excluding hydrogens is 250 g/mol. The highest BCUT2D eigenvalue weighted by atomic mass is 16.5. The van der Waals surface area contributed by atoms with Crippen LogP contribution in [0, 0.1) is 0 Å². The zero-order valence-corrected chi connectivity index (χ0v) is 12.2. The number of aromatic nitrogens is 1. The number of aromatic amines is 1. The van der Waals surface area contributed by atoms with E-state index < -0.39 is 0 Å². The Balaban J connectivity index is 1.95. The number of rotatable bonds is 8. The van der Waals surface area contributed by atoms with E-state index in [1.807, 2.05) is 30.3 Å². The highest BCUT2D eigenvalue weighted by Gasteiger charge is 2.12. The first-order valence-electron chi connectivity index (χ1n) is 7.58. The molecule has 0 radical (unpaired) electrons. The minimum atomic E-state index is -0.225. The quantitative estimate of drug-likeness (QED) is 0.718. The molecule has 0 fully saturated rings. The average Bonchev–Trinajstić information content (AvgIpc) is 2.85. The van der Waals surface area contributed by atoms with Crippen LogP contribution in [0.2, 0.25) is 0 Å². The summed E-state index contributed by atoms with van der Waals surface area (Å²) in [6.45, 7) is 2.22. The molecule has 2 rings (SSSR count). The van der Waals surface area contributed by atoms with Crippen LogP contribution in [0.3, 0.4) is 0 Å². The molecule has 0 aliphatic carbocycles. The number of unbranched alkanes of at least 4 members (excludes halogenated alkanes) is 5. The van der Waals surface area contributed by atoms with Gasteiger partial charge in [0, 0.05) is 5.56 Å². The van der Waals surface area contributed by atoms with Crippen LogP contribution in [0.1, 0.15) is 51.0 Å². The van der Waals surface area contributed by atoms with Gasteiger partial charge < -0.3 is 4.52 Å². The molecule has 1 heterocycles. The number of H-pyrrole nitrogens is 1. The predicted molar refractivity (Wildman–Crippen MR) is 81.8 cm³/mol. The molecule has 108 valence electrons. The number of hydrogen-bond donors (Lipinski definition) is 1. The van der Waals surface area contributed by atoms with Crippen molar-refractivity contribution in [1.82, 2.24) is 5.16 Å². The van der Waals surface area contributed by atoms with Gasteiger partial charge in [-0.05, 0) is 12.8 Å². The first-order valence-corrected chi connectivity index (χ1v) is 7.58. The normalized spacial score (nSPS) is 10.8. The molecule has 3 nitrogen and oxygen atoms in total. The third kappa shape index (κ3) is 3.86. The first kappa shape index (κ1) is 14.6. The lowest BCUT2D eigenvalue weighted by atomic mass is 10.0. The minimum absolute atomic E-state index is 0.225. The van der Waals surface area contributed by atoms with Crippen LogP contribution in [-0.2, 0) is 6.42 Å². The second kappa shape index (κ2) is 7.73. The molecule has 0 unspecified atom stereocenters. The summed E-state index contributed by atoms with van der Waals surface area (Å²) >= 11 is 0. The summed E-state index contributed by atoms with van der Waals surface area (Å²) in [4.78, 5) is 11.8. The van der Waals surface area contributed by atoms with Gasteiger partial charge in [-0.3, -0.25) is 0 Å². The lowest BCUT2D eigenvalue weighted by molar-refractivity contribution is 0.392. The molecule has 1 aromatic carbocycles. The average molecular weight is 273 g/mol. The molecule has 0 saturated heterocycles. The molecule has 1 N–H and O–H groups in total. The van der Waals surface area contributed by atoms with Crippen LogP contribution in [0.4, 0.5) is 0 Å². The molecule has 0 amide bonds. The van der Waals surface area contributed by atoms with Gasteiger partial charge in [-0.1, -0.05) is 69.4 Å². The predicted octanol–water partition coefficient (Wildman–Crippen LogP) is 4.54. The van der Waals surface area contributed by atoms with Crippen molar-refractivity contribution in [2.24, 2.45) is 0 Å². The van der Waals surface area contributed by atoms with Crippen LogP contribution in [-0.4, -0.2) is 5.16 Å². The Bertz CT molecular complexity index is 554. The number of benzene rings is 1. The molecule has 1 aromatic heterocycles. The molecular formula is C17H23NO2. The monoisotopic (exact) mass is 273 g/mol. The zero-order valence-electron chi connectivity index (χ0n) is 12.2. The van der Waals surface area contributed by atoms with Crippen LogP contribution in [0.5, 0.6) is 0 Å². The molecule has 2 aromatic rings. The van der Waals surface area contributed by atoms with E-state index in [4.69, 9.17) is 4.52 Å². The van der Waals surface area contributed by atoms with E-state index in [2.05, 4.69) is 12.1 Å². The molecule has 0 saturated carbocycles. The maximum atomic E-state index is 11.8. The third-order valence-corrected chi connectivity index (χ3v) is 3.64. The topological polar surface area (TPSA) is 46.0 Å². The van der Waals surface area contributed by atoms with Gasteiger partial charge in [-0.2, -0.15) is 0 Å². The summed E-state index contributed by atoms with van der Waals surface area (Å²) in [6, 6.07) is 9.89. The molecule has 0 aliphatic heterocycles. The summed E-state index contributed by atoms with van der Waals surface area (Å²) in [5, 5.41) is 2.76. The molecule has 0 atom stereocenters. The van der Waals surface area contributed by atoms with Crippen molar-refractivity contribution in [3.05, 3.63) is 46.3 Å². The van der Waals surface area contributed by atoms with E-state index >= 15 is 0 Å². The second-order valence-electron chi connectivity index (χ2n) is 5.23. The van der Waals surface area contributed by atoms with Crippen molar-refractivity contribution in [1.29, 1.82) is 0 Å². The van der Waals surface area contributed by atoms with Gasteiger partial charge in [-0.15, -0.1) is 0 Å². The van der Waals surface area contributed by atoms with Gasteiger partial charge in [0.05, 0.1) is 11.3 Å². The second-order valence-corrected chi connectivity index (χ2v) is 5.23. The maximum Gasteiger partial charge on any atom is 0.361 e. The Labute approximate surface area is 120 Å². The lowest BCUT2D eigenvalue weighted by Crippen LogP contribution is -2.02. The molecule has 0 bridgehead atoms. The molecule has 0 aliphatic rings. The van der Waals surface area contributed by atoms with Crippen molar-refractivity contribution >= 4 is 0 Å². The summed E-state index contributed by atoms with van der Waals surface area (Å²) < 4.78 is 4.97. The van der Waals surface area contributed by atoms with Gasteiger partial charge in [0.2, 0.25) is 0 Å². The molecule has 0 spiro atoms. The van der Waals surface area contributed by atoms with Crippen LogP contribution >= 0.6 is 0 Å². The SMILES string of the molecule is CCCCCCCCc1c(-c2ccccc2)[nH]oc1=O. The fraction of sp³-hybridized carbons (Fsp3) is 0.471. The van der Waals surface area contributed by atoms with Crippen LogP contribution in [0.15, 0.2) is 39.6 Å². The standard InChI is InChI=1S/C17H23NO2/c1-2-3-4-5-6-10-13-15-16(18-20-17(15)19)14-11-8-7-9-12-14/h7-9,11-12,18H,2-6,10,13H2,1H3.